The van der Waals surface area contributed by atoms with Crippen molar-refractivity contribution in [1.29, 1.82) is 0 Å². The van der Waals surface area contributed by atoms with Crippen molar-refractivity contribution in [1.82, 2.24) is 15.3 Å². The van der Waals surface area contributed by atoms with Gasteiger partial charge in [0.2, 0.25) is 5.88 Å². The summed E-state index contributed by atoms with van der Waals surface area (Å²) >= 11 is 0. The summed E-state index contributed by atoms with van der Waals surface area (Å²) < 4.78 is 0. The normalized spacial score (nSPS) is 14.6. The maximum Gasteiger partial charge on any atom is 0.278 e. The van der Waals surface area contributed by atoms with Gasteiger partial charge in [0.1, 0.15) is 5.82 Å². The Morgan fingerprint density at radius 2 is 2.33 bits per heavy atom. The summed E-state index contributed by atoms with van der Waals surface area (Å²) in [4.78, 5) is 21.7. The predicted molar refractivity (Wildman–Crippen MR) is 55.2 cm³/mol. The van der Waals surface area contributed by atoms with Crippen LogP contribution in [0.4, 0.5) is 5.69 Å². The van der Waals surface area contributed by atoms with E-state index in [-0.39, 0.29) is 11.6 Å². The van der Waals surface area contributed by atoms with Crippen molar-refractivity contribution in [2.24, 2.45) is 4.99 Å². The molecule has 2 rings (SSSR count). The number of hydrogen-bond donors (Lipinski definition) is 4. The number of nitrogens with one attached hydrogen (secondary N) is 3. The zero-order valence-corrected chi connectivity index (χ0v) is 8.16. The van der Waals surface area contributed by atoms with Crippen LogP contribution in [0.3, 0.4) is 0 Å². The molecule has 4 N–H and O–H groups in total. The van der Waals surface area contributed by atoms with Crippen LogP contribution >= 0.6 is 0 Å². The molecule has 1 aromatic rings. The number of aromatic hydroxyl groups is 1. The molecular weight excluding hydrogens is 198 g/mol. The molecule has 0 saturated carbocycles. The highest BCUT2D eigenvalue weighted by Gasteiger charge is 2.12. The highest BCUT2D eigenvalue weighted by molar-refractivity contribution is 5.95. The van der Waals surface area contributed by atoms with E-state index in [0.717, 1.165) is 6.54 Å². The highest BCUT2D eigenvalue weighted by Crippen LogP contribution is 2.13. The number of aromatic nitrogens is 2. The van der Waals surface area contributed by atoms with Gasteiger partial charge in [-0.2, -0.15) is 4.98 Å². The van der Waals surface area contributed by atoms with Gasteiger partial charge in [-0.25, -0.2) is 0 Å². The van der Waals surface area contributed by atoms with Crippen LogP contribution in [0.5, 0.6) is 5.88 Å². The maximum absolute atomic E-state index is 11.4. The van der Waals surface area contributed by atoms with Gasteiger partial charge in [-0.15, -0.1) is 0 Å². The second-order valence-corrected chi connectivity index (χ2v) is 3.13. The van der Waals surface area contributed by atoms with Gasteiger partial charge in [0, 0.05) is 6.54 Å². The summed E-state index contributed by atoms with van der Waals surface area (Å²) in [5.74, 6) is 0.512. The minimum absolute atomic E-state index is 0.00810. The Bertz CT molecular complexity index is 465. The Balaban J connectivity index is 2.32. The van der Waals surface area contributed by atoms with Gasteiger partial charge in [0.25, 0.3) is 5.56 Å². The molecule has 7 nitrogen and oxygen atoms in total. The highest BCUT2D eigenvalue weighted by atomic mass is 16.3. The van der Waals surface area contributed by atoms with Gasteiger partial charge in [-0.3, -0.25) is 9.79 Å². The van der Waals surface area contributed by atoms with E-state index in [9.17, 15) is 9.90 Å². The lowest BCUT2D eigenvalue weighted by Gasteiger charge is -2.06. The Morgan fingerprint density at radius 1 is 1.53 bits per heavy atom. The molecule has 0 aliphatic carbocycles. The monoisotopic (exact) mass is 209 g/mol. The van der Waals surface area contributed by atoms with Crippen LogP contribution in [0, 0.1) is 6.92 Å². The van der Waals surface area contributed by atoms with Gasteiger partial charge in [0.05, 0.1) is 6.54 Å². The average molecular weight is 209 g/mol. The van der Waals surface area contributed by atoms with E-state index in [2.05, 4.69) is 25.6 Å². The largest absolute Gasteiger partial charge is 0.492 e. The van der Waals surface area contributed by atoms with Crippen LogP contribution in [0.2, 0.25) is 0 Å². The molecule has 15 heavy (non-hydrogen) atoms. The molecule has 0 aromatic carbocycles. The Kier molecular flexibility index (Phi) is 2.28. The Labute approximate surface area is 85.3 Å². The number of hydrogen-bond acceptors (Lipinski definition) is 6. The van der Waals surface area contributed by atoms with E-state index in [1.54, 1.807) is 6.92 Å². The summed E-state index contributed by atoms with van der Waals surface area (Å²) in [7, 11) is 0. The molecule has 1 aliphatic heterocycles. The molecule has 2 heterocycles. The molecule has 0 saturated heterocycles. The second-order valence-electron chi connectivity index (χ2n) is 3.13. The van der Waals surface area contributed by atoms with Crippen molar-refractivity contribution in [2.45, 2.75) is 6.92 Å². The lowest BCUT2D eigenvalue weighted by Crippen LogP contribution is -2.29. The average Bonchev–Trinajstić information content (AvgIpc) is 2.63. The molecule has 0 bridgehead atoms. The summed E-state index contributed by atoms with van der Waals surface area (Å²) in [6.07, 6.45) is 0. The second kappa shape index (κ2) is 3.60. The fourth-order valence-corrected chi connectivity index (χ4v) is 1.28. The van der Waals surface area contributed by atoms with E-state index in [0.29, 0.717) is 18.3 Å². The predicted octanol–water partition coefficient (Wildman–Crippen LogP) is -0.845. The number of H-pyrrole nitrogens is 1. The standard InChI is InChI=1S/C8H11N5O2/c1-4-11-6(14)5(7(15)12-4)13-8-9-2-3-10-8/h2-3H2,1H3,(H2,9,10,13)(H2,11,12,14,15). The van der Waals surface area contributed by atoms with Crippen molar-refractivity contribution < 1.29 is 5.11 Å². The van der Waals surface area contributed by atoms with Crippen LogP contribution in [-0.4, -0.2) is 34.1 Å². The van der Waals surface area contributed by atoms with Crippen LogP contribution in [0.1, 0.15) is 5.82 Å². The first-order valence-electron chi connectivity index (χ1n) is 4.52. The number of aliphatic imine (C=N–C) groups is 1. The number of aromatic amines is 1. The lowest BCUT2D eigenvalue weighted by molar-refractivity contribution is 0.452. The van der Waals surface area contributed by atoms with Gasteiger partial charge in [-0.1, -0.05) is 0 Å². The minimum Gasteiger partial charge on any atom is -0.492 e. The molecule has 7 heteroatoms. The molecule has 0 spiro atoms. The molecule has 0 atom stereocenters. The topological polar surface area (TPSA) is 102 Å². The molecule has 80 valence electrons. The van der Waals surface area contributed by atoms with Crippen LogP contribution in [-0.2, 0) is 0 Å². The van der Waals surface area contributed by atoms with E-state index in [4.69, 9.17) is 0 Å². The Hall–Kier alpha value is -2.05. The molecule has 1 aliphatic rings. The molecule has 0 unspecified atom stereocenters. The summed E-state index contributed by atoms with van der Waals surface area (Å²) in [6, 6.07) is 0. The van der Waals surface area contributed by atoms with E-state index in [1.165, 1.54) is 0 Å². The van der Waals surface area contributed by atoms with E-state index < -0.39 is 5.56 Å². The number of aryl methyl sites for hydroxylation is 1. The third kappa shape index (κ3) is 1.90. The number of rotatable bonds is 1. The number of anilines is 1. The first-order chi connectivity index (χ1) is 7.16. The van der Waals surface area contributed by atoms with Crippen molar-refractivity contribution in [3.63, 3.8) is 0 Å². The lowest BCUT2D eigenvalue weighted by atomic mass is 10.4. The molecule has 0 radical (unpaired) electrons. The van der Waals surface area contributed by atoms with Crippen molar-refractivity contribution in [3.8, 4) is 5.88 Å². The first kappa shape index (κ1) is 9.50. The van der Waals surface area contributed by atoms with Crippen LogP contribution < -0.4 is 16.2 Å². The van der Waals surface area contributed by atoms with Gasteiger partial charge < -0.3 is 20.7 Å². The SMILES string of the molecule is Cc1nc(O)c(NC2=NCCN2)c(=O)[nH]1. The molecule has 1 aromatic heterocycles. The summed E-state index contributed by atoms with van der Waals surface area (Å²) in [5.41, 5.74) is -0.412. The minimum atomic E-state index is -0.420. The van der Waals surface area contributed by atoms with E-state index >= 15 is 0 Å². The van der Waals surface area contributed by atoms with Gasteiger partial charge >= 0.3 is 0 Å². The number of nitrogens with zero attached hydrogens (tertiary/aromatic N) is 2. The van der Waals surface area contributed by atoms with Crippen LogP contribution in [0.15, 0.2) is 9.79 Å². The maximum atomic E-state index is 11.4. The third-order valence-electron chi connectivity index (χ3n) is 1.94. The fraction of sp³-hybridized carbons (Fsp3) is 0.375. The third-order valence-corrected chi connectivity index (χ3v) is 1.94. The molecular formula is C8H11N5O2. The van der Waals surface area contributed by atoms with Gasteiger partial charge in [0.15, 0.2) is 11.6 Å². The zero-order valence-electron chi connectivity index (χ0n) is 8.16. The van der Waals surface area contributed by atoms with Crippen LogP contribution in [0.25, 0.3) is 0 Å². The smallest absolute Gasteiger partial charge is 0.278 e. The summed E-state index contributed by atoms with van der Waals surface area (Å²) in [6.45, 7) is 2.97. The molecule has 0 amide bonds. The van der Waals surface area contributed by atoms with E-state index in [1.807, 2.05) is 0 Å². The van der Waals surface area contributed by atoms with Gasteiger partial charge in [-0.05, 0) is 6.92 Å². The van der Waals surface area contributed by atoms with Crippen molar-refractivity contribution >= 4 is 11.6 Å². The first-order valence-corrected chi connectivity index (χ1v) is 4.52. The summed E-state index contributed by atoms with van der Waals surface area (Å²) in [5, 5.41) is 15.1. The quantitative estimate of drug-likeness (QED) is 0.482. The van der Waals surface area contributed by atoms with Crippen molar-refractivity contribution in [2.75, 3.05) is 18.4 Å². The zero-order chi connectivity index (χ0) is 10.8. The molecule has 0 fully saturated rings. The number of guanidine groups is 1. The Morgan fingerprint density at radius 3 is 2.93 bits per heavy atom. The fourth-order valence-electron chi connectivity index (χ4n) is 1.28. The van der Waals surface area contributed by atoms with Crippen molar-refractivity contribution in [3.05, 3.63) is 16.2 Å².